The van der Waals surface area contributed by atoms with E-state index < -0.39 is 9.84 Å². The first kappa shape index (κ1) is 15.1. The summed E-state index contributed by atoms with van der Waals surface area (Å²) in [7, 11) is -1.22. The Bertz CT molecular complexity index is 572. The van der Waals surface area contributed by atoms with Crippen molar-refractivity contribution in [3.05, 3.63) is 29.3 Å². The van der Waals surface area contributed by atoms with E-state index in [1.807, 2.05) is 0 Å². The van der Waals surface area contributed by atoms with Gasteiger partial charge < -0.3 is 10.2 Å². The first-order valence-electron chi connectivity index (χ1n) is 6.37. The standard InChI is InChI=1S/C13H17ClN2O3S/c1-16(12-6-8-20(18,19)9-7-12)13(17)15-11-4-2-10(14)3-5-11/h2-5,12H,6-9H2,1H3,(H,15,17). The zero-order valence-electron chi connectivity index (χ0n) is 11.2. The van der Waals surface area contributed by atoms with Crippen LogP contribution in [0.5, 0.6) is 0 Å². The van der Waals surface area contributed by atoms with Gasteiger partial charge in [-0.1, -0.05) is 11.6 Å². The molecule has 1 aliphatic heterocycles. The fourth-order valence-electron chi connectivity index (χ4n) is 2.18. The molecule has 2 rings (SSSR count). The molecule has 110 valence electrons. The molecule has 0 radical (unpaired) electrons. The third-order valence-electron chi connectivity index (χ3n) is 3.49. The maximum absolute atomic E-state index is 12.1. The van der Waals surface area contributed by atoms with E-state index in [1.54, 1.807) is 36.2 Å². The third-order valence-corrected chi connectivity index (χ3v) is 5.46. The molecule has 0 aliphatic carbocycles. The predicted molar refractivity (Wildman–Crippen MR) is 79.9 cm³/mol. The summed E-state index contributed by atoms with van der Waals surface area (Å²) in [5.41, 5.74) is 0.662. The van der Waals surface area contributed by atoms with Crippen molar-refractivity contribution in [3.63, 3.8) is 0 Å². The molecule has 20 heavy (non-hydrogen) atoms. The number of sulfone groups is 1. The summed E-state index contributed by atoms with van der Waals surface area (Å²) in [6, 6.07) is 6.57. The number of nitrogens with zero attached hydrogens (tertiary/aromatic N) is 1. The van der Waals surface area contributed by atoms with Gasteiger partial charge in [0.2, 0.25) is 0 Å². The molecule has 2 amide bonds. The Morgan fingerprint density at radius 3 is 2.35 bits per heavy atom. The van der Waals surface area contributed by atoms with Gasteiger partial charge in [-0.05, 0) is 37.1 Å². The van der Waals surface area contributed by atoms with Crippen LogP contribution in [0.3, 0.4) is 0 Å². The van der Waals surface area contributed by atoms with Crippen molar-refractivity contribution in [3.8, 4) is 0 Å². The number of amides is 2. The highest BCUT2D eigenvalue weighted by Crippen LogP contribution is 2.19. The van der Waals surface area contributed by atoms with Gasteiger partial charge in [-0.2, -0.15) is 0 Å². The zero-order chi connectivity index (χ0) is 14.8. The fourth-order valence-corrected chi connectivity index (χ4v) is 3.77. The molecule has 7 heteroatoms. The summed E-state index contributed by atoms with van der Waals surface area (Å²) in [6.07, 6.45) is 0.986. The first-order chi connectivity index (χ1) is 9.37. The highest BCUT2D eigenvalue weighted by Gasteiger charge is 2.28. The Balaban J connectivity index is 1.94. The van der Waals surface area contributed by atoms with Gasteiger partial charge in [0.15, 0.2) is 0 Å². The molecule has 1 aromatic carbocycles. The summed E-state index contributed by atoms with van der Waals surface area (Å²) < 4.78 is 22.8. The van der Waals surface area contributed by atoms with Gasteiger partial charge in [0.25, 0.3) is 0 Å². The van der Waals surface area contributed by atoms with Crippen LogP contribution in [0.15, 0.2) is 24.3 Å². The van der Waals surface area contributed by atoms with E-state index in [0.29, 0.717) is 23.6 Å². The lowest BCUT2D eigenvalue weighted by atomic mass is 10.1. The quantitative estimate of drug-likeness (QED) is 0.911. The van der Waals surface area contributed by atoms with E-state index in [-0.39, 0.29) is 23.6 Å². The smallest absolute Gasteiger partial charge is 0.321 e. The van der Waals surface area contributed by atoms with E-state index in [0.717, 1.165) is 0 Å². The molecule has 0 atom stereocenters. The Labute approximate surface area is 123 Å². The van der Waals surface area contributed by atoms with Crippen molar-refractivity contribution >= 4 is 33.2 Å². The molecule has 1 aliphatic rings. The Morgan fingerprint density at radius 1 is 1.25 bits per heavy atom. The fraction of sp³-hybridized carbons (Fsp3) is 0.462. The number of urea groups is 1. The average Bonchev–Trinajstić information content (AvgIpc) is 2.40. The van der Waals surface area contributed by atoms with E-state index in [2.05, 4.69) is 5.32 Å². The molecule has 0 spiro atoms. The van der Waals surface area contributed by atoms with Crippen molar-refractivity contribution in [2.45, 2.75) is 18.9 Å². The largest absolute Gasteiger partial charge is 0.325 e. The van der Waals surface area contributed by atoms with Crippen LogP contribution in [-0.4, -0.2) is 43.9 Å². The first-order valence-corrected chi connectivity index (χ1v) is 8.57. The normalized spacial score (nSPS) is 18.5. The molecule has 0 bridgehead atoms. The number of halogens is 1. The number of carbonyl (C=O) groups excluding carboxylic acids is 1. The van der Waals surface area contributed by atoms with E-state index in [1.165, 1.54) is 0 Å². The predicted octanol–water partition coefficient (Wildman–Crippen LogP) is 2.38. The average molecular weight is 317 g/mol. The second-order valence-electron chi connectivity index (χ2n) is 4.93. The Morgan fingerprint density at radius 2 is 1.80 bits per heavy atom. The van der Waals surface area contributed by atoms with Crippen LogP contribution >= 0.6 is 11.6 Å². The Kier molecular flexibility index (Phi) is 4.55. The van der Waals surface area contributed by atoms with Gasteiger partial charge >= 0.3 is 6.03 Å². The van der Waals surface area contributed by atoms with Crippen molar-refractivity contribution < 1.29 is 13.2 Å². The van der Waals surface area contributed by atoms with Crippen molar-refractivity contribution in [2.75, 3.05) is 23.9 Å². The van der Waals surface area contributed by atoms with Gasteiger partial charge in [-0.25, -0.2) is 13.2 Å². The van der Waals surface area contributed by atoms with E-state index in [9.17, 15) is 13.2 Å². The molecule has 5 nitrogen and oxygen atoms in total. The second kappa shape index (κ2) is 6.01. The summed E-state index contributed by atoms with van der Waals surface area (Å²) in [5.74, 6) is 0.298. The van der Waals surface area contributed by atoms with Crippen LogP contribution in [0, 0.1) is 0 Å². The second-order valence-corrected chi connectivity index (χ2v) is 7.67. The lowest BCUT2D eigenvalue weighted by Crippen LogP contribution is -2.44. The van der Waals surface area contributed by atoms with Crippen LogP contribution in [0.25, 0.3) is 0 Å². The minimum Gasteiger partial charge on any atom is -0.325 e. The van der Waals surface area contributed by atoms with E-state index >= 15 is 0 Å². The van der Waals surface area contributed by atoms with Crippen molar-refractivity contribution in [2.24, 2.45) is 0 Å². The van der Waals surface area contributed by atoms with Gasteiger partial charge in [-0.3, -0.25) is 0 Å². The number of rotatable bonds is 2. The molecule has 1 aromatic rings. The highest BCUT2D eigenvalue weighted by molar-refractivity contribution is 7.91. The monoisotopic (exact) mass is 316 g/mol. The summed E-state index contributed by atoms with van der Waals surface area (Å²) >= 11 is 5.78. The summed E-state index contributed by atoms with van der Waals surface area (Å²) in [5, 5.41) is 3.37. The number of hydrogen-bond donors (Lipinski definition) is 1. The minimum atomic E-state index is -2.91. The van der Waals surface area contributed by atoms with Crippen LogP contribution in [0.4, 0.5) is 10.5 Å². The minimum absolute atomic E-state index is 0.0363. The molecule has 1 heterocycles. The number of benzene rings is 1. The molecule has 1 saturated heterocycles. The van der Waals surface area contributed by atoms with Crippen LogP contribution in [0.1, 0.15) is 12.8 Å². The number of hydrogen-bond acceptors (Lipinski definition) is 3. The number of nitrogens with one attached hydrogen (secondary N) is 1. The highest BCUT2D eigenvalue weighted by atomic mass is 35.5. The molecule has 0 aromatic heterocycles. The van der Waals surface area contributed by atoms with Crippen molar-refractivity contribution in [1.82, 2.24) is 4.90 Å². The van der Waals surface area contributed by atoms with Gasteiger partial charge in [0, 0.05) is 23.8 Å². The maximum Gasteiger partial charge on any atom is 0.321 e. The topological polar surface area (TPSA) is 66.5 Å². The molecule has 1 fully saturated rings. The summed E-state index contributed by atoms with van der Waals surface area (Å²) in [6.45, 7) is 0. The lowest BCUT2D eigenvalue weighted by Gasteiger charge is -2.31. The Hall–Kier alpha value is -1.27. The molecule has 0 saturated carbocycles. The SMILES string of the molecule is CN(C(=O)Nc1ccc(Cl)cc1)C1CCS(=O)(=O)CC1. The molecular weight excluding hydrogens is 300 g/mol. The lowest BCUT2D eigenvalue weighted by molar-refractivity contribution is 0.199. The molecule has 1 N–H and O–H groups in total. The van der Waals surface area contributed by atoms with E-state index in [4.69, 9.17) is 11.6 Å². The van der Waals surface area contributed by atoms with Crippen molar-refractivity contribution in [1.29, 1.82) is 0 Å². The molecular formula is C13H17ClN2O3S. The maximum atomic E-state index is 12.1. The molecule has 0 unspecified atom stereocenters. The van der Waals surface area contributed by atoms with Gasteiger partial charge in [0.05, 0.1) is 11.5 Å². The number of carbonyl (C=O) groups is 1. The van der Waals surface area contributed by atoms with Gasteiger partial charge in [0.1, 0.15) is 9.84 Å². The number of anilines is 1. The summed E-state index contributed by atoms with van der Waals surface area (Å²) in [4.78, 5) is 13.7. The van der Waals surface area contributed by atoms with Crippen LogP contribution < -0.4 is 5.32 Å². The zero-order valence-corrected chi connectivity index (χ0v) is 12.7. The van der Waals surface area contributed by atoms with Gasteiger partial charge in [-0.15, -0.1) is 0 Å². The van der Waals surface area contributed by atoms with Crippen LogP contribution in [0.2, 0.25) is 5.02 Å². The van der Waals surface area contributed by atoms with Crippen LogP contribution in [-0.2, 0) is 9.84 Å². The third kappa shape index (κ3) is 3.86.